The fourth-order valence-corrected chi connectivity index (χ4v) is 4.28. The van der Waals surface area contributed by atoms with Gasteiger partial charge in [-0.15, -0.1) is 0 Å². The molecule has 1 fully saturated rings. The number of hydrogen-bond acceptors (Lipinski definition) is 5. The average molecular weight is 463 g/mol. The monoisotopic (exact) mass is 462 g/mol. The minimum absolute atomic E-state index is 0.125. The molecule has 1 aliphatic rings. The second kappa shape index (κ2) is 10.2. The van der Waals surface area contributed by atoms with Crippen LogP contribution in [0.1, 0.15) is 29.7 Å². The summed E-state index contributed by atoms with van der Waals surface area (Å²) in [6.45, 7) is 6.30. The second-order valence-electron chi connectivity index (χ2n) is 8.80. The quantitative estimate of drug-likeness (QED) is 0.583. The molecule has 178 valence electrons. The number of aromatic nitrogens is 2. The Balaban J connectivity index is 1.54. The molecule has 3 aromatic rings. The molecule has 4 rings (SSSR count). The maximum absolute atomic E-state index is 13.3. The minimum atomic E-state index is -0.351. The third kappa shape index (κ3) is 5.17. The van der Waals surface area contributed by atoms with Crippen molar-refractivity contribution in [2.24, 2.45) is 0 Å². The van der Waals surface area contributed by atoms with Crippen LogP contribution < -0.4 is 10.9 Å². The van der Waals surface area contributed by atoms with E-state index in [4.69, 9.17) is 4.74 Å². The van der Waals surface area contributed by atoms with E-state index < -0.39 is 0 Å². The summed E-state index contributed by atoms with van der Waals surface area (Å²) >= 11 is 0. The summed E-state index contributed by atoms with van der Waals surface area (Å²) in [7, 11) is 0. The fraction of sp³-hybridized carbons (Fsp3) is 0.385. The lowest BCUT2D eigenvalue weighted by atomic mass is 10.1. The Morgan fingerprint density at radius 2 is 1.88 bits per heavy atom. The van der Waals surface area contributed by atoms with Gasteiger partial charge in [-0.3, -0.25) is 14.4 Å². The highest BCUT2D eigenvalue weighted by molar-refractivity contribution is 5.95. The number of rotatable bonds is 7. The van der Waals surface area contributed by atoms with Gasteiger partial charge in [0.05, 0.1) is 17.2 Å². The molecule has 0 bridgehead atoms. The minimum Gasteiger partial charge on any atom is -0.376 e. The third-order valence-corrected chi connectivity index (χ3v) is 6.35. The zero-order valence-corrected chi connectivity index (χ0v) is 19.8. The highest BCUT2D eigenvalue weighted by Crippen LogP contribution is 2.19. The molecule has 0 spiro atoms. The van der Waals surface area contributed by atoms with Gasteiger partial charge >= 0.3 is 0 Å². The van der Waals surface area contributed by atoms with Gasteiger partial charge in [0.25, 0.3) is 5.56 Å². The maximum atomic E-state index is 13.3. The lowest BCUT2D eigenvalue weighted by Crippen LogP contribution is -2.45. The standard InChI is InChI=1S/C26H30N4O4/c1-17-8-6-12-23(18(17)2)27-24(31)15-29(14-20-9-7-13-34-20)25(32)16-30-26(33)22-11-5-4-10-21(22)19(3)28-30/h4-6,8,10-12,20H,7,9,13-16H2,1-3H3,(H,27,31). The van der Waals surface area contributed by atoms with Crippen LogP contribution in [0.25, 0.3) is 10.8 Å². The van der Waals surface area contributed by atoms with Gasteiger partial charge in [-0.1, -0.05) is 30.3 Å². The molecular weight excluding hydrogens is 432 g/mol. The highest BCUT2D eigenvalue weighted by Gasteiger charge is 2.25. The predicted molar refractivity (Wildman–Crippen MR) is 131 cm³/mol. The number of carbonyl (C=O) groups excluding carboxylic acids is 2. The fourth-order valence-electron chi connectivity index (χ4n) is 4.28. The van der Waals surface area contributed by atoms with Crippen molar-refractivity contribution >= 4 is 28.3 Å². The van der Waals surface area contributed by atoms with Crippen LogP contribution in [0, 0.1) is 20.8 Å². The topological polar surface area (TPSA) is 93.5 Å². The number of nitrogens with zero attached hydrogens (tertiary/aromatic N) is 3. The van der Waals surface area contributed by atoms with Crippen LogP contribution in [0.2, 0.25) is 0 Å². The first-order valence-corrected chi connectivity index (χ1v) is 11.6. The molecule has 1 unspecified atom stereocenters. The number of amides is 2. The summed E-state index contributed by atoms with van der Waals surface area (Å²) < 4.78 is 6.89. The number of nitrogens with one attached hydrogen (secondary N) is 1. The van der Waals surface area contributed by atoms with Crippen molar-refractivity contribution in [1.82, 2.24) is 14.7 Å². The number of aryl methyl sites for hydroxylation is 2. The largest absolute Gasteiger partial charge is 0.376 e. The first-order chi connectivity index (χ1) is 16.3. The molecule has 1 saturated heterocycles. The summed E-state index contributed by atoms with van der Waals surface area (Å²) in [6.07, 6.45) is 1.63. The average Bonchev–Trinajstić information content (AvgIpc) is 3.33. The molecule has 0 radical (unpaired) electrons. The Labute approximate surface area is 198 Å². The second-order valence-corrected chi connectivity index (χ2v) is 8.80. The predicted octanol–water partition coefficient (Wildman–Crippen LogP) is 2.97. The summed E-state index contributed by atoms with van der Waals surface area (Å²) in [6, 6.07) is 12.9. The van der Waals surface area contributed by atoms with Crippen molar-refractivity contribution in [2.75, 3.05) is 25.0 Å². The van der Waals surface area contributed by atoms with Crippen LogP contribution in [0.3, 0.4) is 0 Å². The number of ether oxygens (including phenoxy) is 1. The SMILES string of the molecule is Cc1cccc(NC(=O)CN(CC2CCCO2)C(=O)Cn2nc(C)c3ccccc3c2=O)c1C. The molecule has 1 atom stereocenters. The number of benzene rings is 2. The van der Waals surface area contributed by atoms with Crippen LogP contribution in [0.15, 0.2) is 47.3 Å². The van der Waals surface area contributed by atoms with E-state index in [1.165, 1.54) is 9.58 Å². The number of carbonyl (C=O) groups is 2. The van der Waals surface area contributed by atoms with Crippen molar-refractivity contribution in [3.05, 3.63) is 69.6 Å². The zero-order chi connectivity index (χ0) is 24.2. The molecule has 1 aromatic heterocycles. The van der Waals surface area contributed by atoms with Gasteiger partial charge in [0.2, 0.25) is 11.8 Å². The summed E-state index contributed by atoms with van der Waals surface area (Å²) in [5.41, 5.74) is 3.11. The van der Waals surface area contributed by atoms with Crippen LogP contribution in [0.5, 0.6) is 0 Å². The van der Waals surface area contributed by atoms with Crippen molar-refractivity contribution in [3.63, 3.8) is 0 Å². The number of hydrogen-bond donors (Lipinski definition) is 1. The van der Waals surface area contributed by atoms with Gasteiger partial charge < -0.3 is 15.0 Å². The smallest absolute Gasteiger partial charge is 0.275 e. The molecule has 2 aromatic carbocycles. The Morgan fingerprint density at radius 1 is 1.12 bits per heavy atom. The van der Waals surface area contributed by atoms with Crippen LogP contribution in [-0.4, -0.2) is 52.3 Å². The van der Waals surface area contributed by atoms with Crippen molar-refractivity contribution < 1.29 is 14.3 Å². The van der Waals surface area contributed by atoms with E-state index in [-0.39, 0.29) is 36.6 Å². The van der Waals surface area contributed by atoms with Crippen molar-refractivity contribution in [3.8, 4) is 0 Å². The molecule has 1 N–H and O–H groups in total. The number of fused-ring (bicyclic) bond motifs is 1. The van der Waals surface area contributed by atoms with Crippen molar-refractivity contribution in [2.45, 2.75) is 46.3 Å². The van der Waals surface area contributed by atoms with Gasteiger partial charge in [-0.05, 0) is 56.9 Å². The molecule has 34 heavy (non-hydrogen) atoms. The summed E-state index contributed by atoms with van der Waals surface area (Å²) in [4.78, 5) is 40.6. The maximum Gasteiger partial charge on any atom is 0.275 e. The molecule has 0 aliphatic carbocycles. The summed E-state index contributed by atoms with van der Waals surface area (Å²) in [5.74, 6) is -0.647. The Morgan fingerprint density at radius 3 is 2.62 bits per heavy atom. The summed E-state index contributed by atoms with van der Waals surface area (Å²) in [5, 5.41) is 8.54. The van der Waals surface area contributed by atoms with Gasteiger partial charge in [0, 0.05) is 24.2 Å². The third-order valence-electron chi connectivity index (χ3n) is 6.35. The Bertz CT molecular complexity index is 1280. The molecule has 8 heteroatoms. The van der Waals surface area contributed by atoms with Gasteiger partial charge in [0.15, 0.2) is 0 Å². The van der Waals surface area contributed by atoms with E-state index in [0.717, 1.165) is 35.0 Å². The lowest BCUT2D eigenvalue weighted by molar-refractivity contribution is -0.137. The normalized spacial score (nSPS) is 15.4. The lowest BCUT2D eigenvalue weighted by Gasteiger charge is -2.25. The van der Waals surface area contributed by atoms with Gasteiger partial charge in [-0.2, -0.15) is 5.10 Å². The first-order valence-electron chi connectivity index (χ1n) is 11.6. The van der Waals surface area contributed by atoms with Gasteiger partial charge in [0.1, 0.15) is 13.1 Å². The van der Waals surface area contributed by atoms with E-state index in [1.807, 2.05) is 51.1 Å². The van der Waals surface area contributed by atoms with Crippen LogP contribution >= 0.6 is 0 Å². The van der Waals surface area contributed by atoms with Gasteiger partial charge in [-0.25, -0.2) is 4.68 Å². The van der Waals surface area contributed by atoms with Crippen LogP contribution in [-0.2, 0) is 20.9 Å². The molecule has 8 nitrogen and oxygen atoms in total. The van der Waals surface area contributed by atoms with E-state index in [9.17, 15) is 14.4 Å². The highest BCUT2D eigenvalue weighted by atomic mass is 16.5. The molecule has 2 amide bonds. The van der Waals surface area contributed by atoms with Crippen molar-refractivity contribution in [1.29, 1.82) is 0 Å². The van der Waals surface area contributed by atoms with Crippen LogP contribution in [0.4, 0.5) is 5.69 Å². The number of anilines is 1. The zero-order valence-electron chi connectivity index (χ0n) is 19.8. The molecule has 2 heterocycles. The van der Waals surface area contributed by atoms with E-state index in [1.54, 1.807) is 12.1 Å². The van der Waals surface area contributed by atoms with E-state index in [2.05, 4.69) is 10.4 Å². The molecular formula is C26H30N4O4. The molecule has 0 saturated carbocycles. The Hall–Kier alpha value is -3.52. The Kier molecular flexibility index (Phi) is 7.07. The first kappa shape index (κ1) is 23.6. The van der Waals surface area contributed by atoms with E-state index >= 15 is 0 Å². The molecule has 1 aliphatic heterocycles. The van der Waals surface area contributed by atoms with E-state index in [0.29, 0.717) is 24.2 Å².